The second kappa shape index (κ2) is 6.80. The fourth-order valence-corrected chi connectivity index (χ4v) is 4.62. The van der Waals surface area contributed by atoms with E-state index in [4.69, 9.17) is 0 Å². The molecule has 2 aromatic heterocycles. The van der Waals surface area contributed by atoms with Crippen LogP contribution in [0.2, 0.25) is 0 Å². The zero-order valence-electron chi connectivity index (χ0n) is 12.3. The fourth-order valence-electron chi connectivity index (χ4n) is 2.08. The first-order valence-electron chi connectivity index (χ1n) is 6.71. The van der Waals surface area contributed by atoms with E-state index in [1.54, 1.807) is 6.07 Å². The number of hydrogen-bond donors (Lipinski definition) is 0. The van der Waals surface area contributed by atoms with Crippen LogP contribution in [-0.2, 0) is 11.8 Å². The molecule has 2 heterocycles. The maximum atomic E-state index is 12.0. The minimum absolute atomic E-state index is 0.0415. The number of nitro groups is 1. The molecular formula is C15H10BrN3O3S2. The van der Waals surface area contributed by atoms with Gasteiger partial charge in [-0.25, -0.2) is 0 Å². The standard InChI is InChI=1S/C15H10BrN3O3S2/c1-18-14-10(16)3-2-4-11(14)24-15(18)17-12(20)7-5-9-6-8-13(23-9)19(21)22/h2-8H,1H3. The molecule has 9 heteroatoms. The van der Waals surface area contributed by atoms with Gasteiger partial charge < -0.3 is 4.57 Å². The van der Waals surface area contributed by atoms with Gasteiger partial charge in [-0.1, -0.05) is 28.7 Å². The number of aryl methyl sites for hydroxylation is 1. The van der Waals surface area contributed by atoms with Crippen LogP contribution in [0.3, 0.4) is 0 Å². The first-order chi connectivity index (χ1) is 11.5. The van der Waals surface area contributed by atoms with E-state index < -0.39 is 10.8 Å². The second-order valence-electron chi connectivity index (χ2n) is 4.75. The molecule has 0 N–H and O–H groups in total. The third kappa shape index (κ3) is 3.37. The van der Waals surface area contributed by atoms with Crippen molar-refractivity contribution in [2.45, 2.75) is 0 Å². The molecule has 24 heavy (non-hydrogen) atoms. The van der Waals surface area contributed by atoms with Crippen molar-refractivity contribution >= 4 is 65.8 Å². The van der Waals surface area contributed by atoms with E-state index in [1.165, 1.54) is 29.6 Å². The van der Waals surface area contributed by atoms with E-state index in [9.17, 15) is 14.9 Å². The molecule has 1 amide bonds. The number of thiophene rings is 1. The highest BCUT2D eigenvalue weighted by atomic mass is 79.9. The molecule has 0 unspecified atom stereocenters. The molecule has 0 aliphatic rings. The number of carbonyl (C=O) groups excluding carboxylic acids is 1. The summed E-state index contributed by atoms with van der Waals surface area (Å²) in [6.07, 6.45) is 2.85. The monoisotopic (exact) mass is 423 g/mol. The number of nitrogens with zero attached hydrogens (tertiary/aromatic N) is 3. The van der Waals surface area contributed by atoms with Gasteiger partial charge in [0, 0.05) is 28.5 Å². The third-order valence-electron chi connectivity index (χ3n) is 3.16. The number of hydrogen-bond acceptors (Lipinski definition) is 5. The number of aromatic nitrogens is 1. The maximum Gasteiger partial charge on any atom is 0.324 e. The largest absolute Gasteiger partial charge is 0.324 e. The van der Waals surface area contributed by atoms with E-state index in [-0.39, 0.29) is 5.00 Å². The first kappa shape index (κ1) is 16.7. The lowest BCUT2D eigenvalue weighted by Crippen LogP contribution is -2.12. The first-order valence-corrected chi connectivity index (χ1v) is 9.13. The normalized spacial score (nSPS) is 12.3. The van der Waals surface area contributed by atoms with Crippen LogP contribution in [0.25, 0.3) is 16.3 Å². The number of carbonyl (C=O) groups is 1. The van der Waals surface area contributed by atoms with Crippen molar-refractivity contribution in [3.05, 3.63) is 60.7 Å². The smallest absolute Gasteiger partial charge is 0.318 e. The SMILES string of the molecule is Cn1c(=NC(=O)C=Cc2ccc([N+](=O)[O-])s2)sc2cccc(Br)c21. The molecule has 0 spiro atoms. The summed E-state index contributed by atoms with van der Waals surface area (Å²) >= 11 is 5.92. The number of rotatable bonds is 3. The number of thiazole rings is 1. The topological polar surface area (TPSA) is 77.5 Å². The zero-order chi connectivity index (χ0) is 17.3. The Balaban J connectivity index is 1.89. The summed E-state index contributed by atoms with van der Waals surface area (Å²) in [5.41, 5.74) is 0.979. The van der Waals surface area contributed by atoms with Crippen LogP contribution in [0.5, 0.6) is 0 Å². The molecule has 122 valence electrons. The predicted octanol–water partition coefficient (Wildman–Crippen LogP) is 4.11. The molecule has 3 aromatic rings. The van der Waals surface area contributed by atoms with Crippen molar-refractivity contribution in [1.82, 2.24) is 4.57 Å². The Morgan fingerprint density at radius 3 is 2.79 bits per heavy atom. The summed E-state index contributed by atoms with van der Waals surface area (Å²) in [6, 6.07) is 8.84. The predicted molar refractivity (Wildman–Crippen MR) is 99.1 cm³/mol. The number of halogens is 1. The molecule has 0 saturated carbocycles. The second-order valence-corrected chi connectivity index (χ2v) is 7.70. The Morgan fingerprint density at radius 2 is 2.12 bits per heavy atom. The van der Waals surface area contributed by atoms with Crippen LogP contribution in [0.4, 0.5) is 5.00 Å². The molecule has 0 atom stereocenters. The zero-order valence-corrected chi connectivity index (χ0v) is 15.5. The average molecular weight is 424 g/mol. The van der Waals surface area contributed by atoms with Gasteiger partial charge in [-0.3, -0.25) is 14.9 Å². The molecule has 0 aliphatic heterocycles. The number of fused-ring (bicyclic) bond motifs is 1. The van der Waals surface area contributed by atoms with Gasteiger partial charge in [-0.05, 0) is 40.2 Å². The lowest BCUT2D eigenvalue weighted by Gasteiger charge is -1.97. The van der Waals surface area contributed by atoms with Crippen molar-refractivity contribution in [1.29, 1.82) is 0 Å². The molecular weight excluding hydrogens is 414 g/mol. The molecule has 0 radical (unpaired) electrons. The molecule has 3 rings (SSSR count). The molecule has 1 aromatic carbocycles. The molecule has 0 saturated heterocycles. The Bertz CT molecular complexity index is 1050. The maximum absolute atomic E-state index is 12.0. The van der Waals surface area contributed by atoms with Crippen LogP contribution < -0.4 is 4.80 Å². The number of benzene rings is 1. The summed E-state index contributed by atoms with van der Waals surface area (Å²) in [7, 11) is 1.85. The van der Waals surface area contributed by atoms with Gasteiger partial charge in [0.15, 0.2) is 4.80 Å². The molecule has 6 nitrogen and oxygen atoms in total. The van der Waals surface area contributed by atoms with Gasteiger partial charge in [-0.15, -0.1) is 0 Å². The van der Waals surface area contributed by atoms with Crippen molar-refractivity contribution in [3.8, 4) is 0 Å². The fraction of sp³-hybridized carbons (Fsp3) is 0.0667. The van der Waals surface area contributed by atoms with Crippen LogP contribution >= 0.6 is 38.6 Å². The van der Waals surface area contributed by atoms with Gasteiger partial charge >= 0.3 is 5.00 Å². The van der Waals surface area contributed by atoms with E-state index in [1.807, 2.05) is 29.8 Å². The molecule has 0 bridgehead atoms. The van der Waals surface area contributed by atoms with E-state index in [0.29, 0.717) is 9.68 Å². The Kier molecular flexibility index (Phi) is 4.74. The summed E-state index contributed by atoms with van der Waals surface area (Å²) in [6.45, 7) is 0. The van der Waals surface area contributed by atoms with Crippen molar-refractivity contribution in [2.24, 2.45) is 12.0 Å². The van der Waals surface area contributed by atoms with Gasteiger partial charge in [0.05, 0.1) is 15.1 Å². The lowest BCUT2D eigenvalue weighted by molar-refractivity contribution is -0.380. The van der Waals surface area contributed by atoms with Crippen LogP contribution in [0, 0.1) is 10.1 Å². The Morgan fingerprint density at radius 1 is 1.33 bits per heavy atom. The quantitative estimate of drug-likeness (QED) is 0.361. The summed E-state index contributed by atoms with van der Waals surface area (Å²) in [5.74, 6) is -0.413. The summed E-state index contributed by atoms with van der Waals surface area (Å²) in [5, 5.41) is 10.7. The summed E-state index contributed by atoms with van der Waals surface area (Å²) < 4.78 is 3.82. The van der Waals surface area contributed by atoms with E-state index >= 15 is 0 Å². The number of amides is 1. The van der Waals surface area contributed by atoms with E-state index in [2.05, 4.69) is 20.9 Å². The highest BCUT2D eigenvalue weighted by molar-refractivity contribution is 9.10. The lowest BCUT2D eigenvalue weighted by atomic mass is 10.3. The highest BCUT2D eigenvalue weighted by Gasteiger charge is 2.09. The van der Waals surface area contributed by atoms with Crippen LogP contribution in [0.15, 0.2) is 45.9 Å². The van der Waals surface area contributed by atoms with Crippen molar-refractivity contribution < 1.29 is 9.72 Å². The summed E-state index contributed by atoms with van der Waals surface area (Å²) in [4.78, 5) is 27.5. The van der Waals surface area contributed by atoms with Gasteiger partial charge in [0.2, 0.25) is 0 Å². The average Bonchev–Trinajstić information content (AvgIpc) is 3.12. The van der Waals surface area contributed by atoms with Crippen molar-refractivity contribution in [3.63, 3.8) is 0 Å². The van der Waals surface area contributed by atoms with Gasteiger partial charge in [0.1, 0.15) is 0 Å². The Hall–Kier alpha value is -2.10. The minimum Gasteiger partial charge on any atom is -0.318 e. The minimum atomic E-state index is -0.455. The van der Waals surface area contributed by atoms with Crippen molar-refractivity contribution in [2.75, 3.05) is 0 Å². The molecule has 0 fully saturated rings. The molecule has 0 aliphatic carbocycles. The number of para-hydroxylation sites is 1. The van der Waals surface area contributed by atoms with Crippen LogP contribution in [0.1, 0.15) is 4.88 Å². The third-order valence-corrected chi connectivity index (χ3v) is 5.90. The Labute approximate surface area is 152 Å². The van der Waals surface area contributed by atoms with Gasteiger partial charge in [-0.2, -0.15) is 4.99 Å². The highest BCUT2D eigenvalue weighted by Crippen LogP contribution is 2.25. The van der Waals surface area contributed by atoms with Crippen LogP contribution in [-0.4, -0.2) is 15.4 Å². The van der Waals surface area contributed by atoms with Gasteiger partial charge in [0.25, 0.3) is 5.91 Å². The van der Waals surface area contributed by atoms with E-state index in [0.717, 1.165) is 26.0 Å².